The molecule has 2 rings (SSSR count). The fourth-order valence-corrected chi connectivity index (χ4v) is 3.38. The average molecular weight is 346 g/mol. The van der Waals surface area contributed by atoms with Crippen molar-refractivity contribution >= 4 is 11.8 Å². The van der Waals surface area contributed by atoms with Crippen LogP contribution in [0.15, 0.2) is 30.3 Å². The van der Waals surface area contributed by atoms with Gasteiger partial charge in [-0.2, -0.15) is 0 Å². The van der Waals surface area contributed by atoms with Gasteiger partial charge in [0.05, 0.1) is 0 Å². The molecule has 1 saturated carbocycles. The molecule has 0 heterocycles. The molecule has 0 radical (unpaired) electrons. The van der Waals surface area contributed by atoms with Crippen molar-refractivity contribution < 1.29 is 14.7 Å². The van der Waals surface area contributed by atoms with E-state index in [0.717, 1.165) is 24.8 Å². The van der Waals surface area contributed by atoms with E-state index in [2.05, 4.69) is 10.6 Å². The molecule has 1 aromatic carbocycles. The molecule has 2 amide bonds. The molecular formula is C20H30N2O3. The molecule has 25 heavy (non-hydrogen) atoms. The summed E-state index contributed by atoms with van der Waals surface area (Å²) in [5.74, 6) is -0.378. The van der Waals surface area contributed by atoms with Gasteiger partial charge in [0, 0.05) is 24.4 Å². The van der Waals surface area contributed by atoms with E-state index in [1.807, 2.05) is 44.2 Å². The van der Waals surface area contributed by atoms with Crippen LogP contribution in [0.5, 0.6) is 0 Å². The van der Waals surface area contributed by atoms with Gasteiger partial charge in [-0.3, -0.25) is 9.59 Å². The maximum Gasteiger partial charge on any atom is 0.252 e. The minimum Gasteiger partial charge on any atom is -0.380 e. The molecule has 0 saturated heterocycles. The van der Waals surface area contributed by atoms with E-state index in [1.165, 1.54) is 0 Å². The Morgan fingerprint density at radius 1 is 1.24 bits per heavy atom. The summed E-state index contributed by atoms with van der Waals surface area (Å²) in [6.45, 7) is 5.43. The number of hydrogen-bond donors (Lipinski definition) is 3. The van der Waals surface area contributed by atoms with E-state index in [1.54, 1.807) is 6.92 Å². The SMILES string of the molecule is CC(C)NC(=O)[C@@H]1CCC[C@H](NC(=O)[C@@](C)(O)Cc2ccccc2)C1. The Morgan fingerprint density at radius 3 is 2.56 bits per heavy atom. The first-order valence-corrected chi connectivity index (χ1v) is 9.15. The molecule has 0 aliphatic heterocycles. The van der Waals surface area contributed by atoms with Crippen molar-refractivity contribution in [2.45, 2.75) is 70.6 Å². The Kier molecular flexibility index (Phi) is 6.59. The van der Waals surface area contributed by atoms with Gasteiger partial charge in [-0.25, -0.2) is 0 Å². The van der Waals surface area contributed by atoms with Gasteiger partial charge < -0.3 is 15.7 Å². The molecule has 3 N–H and O–H groups in total. The lowest BCUT2D eigenvalue weighted by Gasteiger charge is -2.32. The highest BCUT2D eigenvalue weighted by Gasteiger charge is 2.34. The zero-order valence-electron chi connectivity index (χ0n) is 15.4. The highest BCUT2D eigenvalue weighted by molar-refractivity contribution is 5.85. The van der Waals surface area contributed by atoms with Crippen molar-refractivity contribution in [1.82, 2.24) is 10.6 Å². The molecule has 1 fully saturated rings. The predicted octanol–water partition coefficient (Wildman–Crippen LogP) is 2.18. The van der Waals surface area contributed by atoms with Crippen LogP contribution in [0.3, 0.4) is 0 Å². The van der Waals surface area contributed by atoms with Crippen molar-refractivity contribution in [2.24, 2.45) is 5.92 Å². The van der Waals surface area contributed by atoms with Crippen LogP contribution in [0.4, 0.5) is 0 Å². The summed E-state index contributed by atoms with van der Waals surface area (Å²) in [6, 6.07) is 9.54. The van der Waals surface area contributed by atoms with E-state index in [-0.39, 0.29) is 36.2 Å². The monoisotopic (exact) mass is 346 g/mol. The number of benzene rings is 1. The summed E-state index contributed by atoms with van der Waals surface area (Å²) < 4.78 is 0. The van der Waals surface area contributed by atoms with E-state index in [0.29, 0.717) is 6.42 Å². The zero-order valence-corrected chi connectivity index (χ0v) is 15.4. The van der Waals surface area contributed by atoms with Crippen molar-refractivity contribution in [3.63, 3.8) is 0 Å². The van der Waals surface area contributed by atoms with Crippen LogP contribution in [0.1, 0.15) is 52.0 Å². The number of amides is 2. The van der Waals surface area contributed by atoms with E-state index < -0.39 is 5.60 Å². The van der Waals surface area contributed by atoms with Crippen molar-refractivity contribution in [3.8, 4) is 0 Å². The van der Waals surface area contributed by atoms with Gasteiger partial charge in [0.15, 0.2) is 0 Å². The molecule has 3 atom stereocenters. The summed E-state index contributed by atoms with van der Waals surface area (Å²) in [5, 5.41) is 16.5. The lowest BCUT2D eigenvalue weighted by atomic mass is 9.84. The van der Waals surface area contributed by atoms with Crippen LogP contribution < -0.4 is 10.6 Å². The number of carbonyl (C=O) groups excluding carboxylic acids is 2. The molecular weight excluding hydrogens is 316 g/mol. The second kappa shape index (κ2) is 8.48. The van der Waals surface area contributed by atoms with Gasteiger partial charge in [-0.1, -0.05) is 36.8 Å². The zero-order chi connectivity index (χ0) is 18.4. The van der Waals surface area contributed by atoms with Gasteiger partial charge in [-0.05, 0) is 45.6 Å². The number of carbonyl (C=O) groups is 2. The van der Waals surface area contributed by atoms with Crippen LogP contribution in [0, 0.1) is 5.92 Å². The Hall–Kier alpha value is -1.88. The van der Waals surface area contributed by atoms with Gasteiger partial charge in [0.1, 0.15) is 5.60 Å². The van der Waals surface area contributed by atoms with Gasteiger partial charge in [0.25, 0.3) is 5.91 Å². The largest absolute Gasteiger partial charge is 0.380 e. The first kappa shape index (κ1) is 19.4. The third-order valence-corrected chi connectivity index (χ3v) is 4.69. The molecule has 5 nitrogen and oxygen atoms in total. The lowest BCUT2D eigenvalue weighted by molar-refractivity contribution is -0.139. The summed E-state index contributed by atoms with van der Waals surface area (Å²) in [7, 11) is 0. The van der Waals surface area contributed by atoms with Crippen LogP contribution in [0.2, 0.25) is 0 Å². The number of rotatable bonds is 6. The van der Waals surface area contributed by atoms with Gasteiger partial charge >= 0.3 is 0 Å². The molecule has 5 heteroatoms. The minimum absolute atomic E-state index is 0.0602. The smallest absolute Gasteiger partial charge is 0.252 e. The maximum atomic E-state index is 12.5. The predicted molar refractivity (Wildman–Crippen MR) is 97.9 cm³/mol. The van der Waals surface area contributed by atoms with Crippen LogP contribution >= 0.6 is 0 Å². The highest BCUT2D eigenvalue weighted by Crippen LogP contribution is 2.25. The fraction of sp³-hybridized carbons (Fsp3) is 0.600. The molecule has 0 spiro atoms. The number of aliphatic hydroxyl groups is 1. The maximum absolute atomic E-state index is 12.5. The first-order chi connectivity index (χ1) is 11.8. The van der Waals surface area contributed by atoms with E-state index in [9.17, 15) is 14.7 Å². The molecule has 0 aromatic heterocycles. The minimum atomic E-state index is -1.46. The normalized spacial score (nSPS) is 22.9. The van der Waals surface area contributed by atoms with Crippen molar-refractivity contribution in [3.05, 3.63) is 35.9 Å². The third kappa shape index (κ3) is 5.85. The Balaban J connectivity index is 1.91. The molecule has 0 unspecified atom stereocenters. The van der Waals surface area contributed by atoms with Crippen molar-refractivity contribution in [2.75, 3.05) is 0 Å². The molecule has 1 aliphatic rings. The second-order valence-corrected chi connectivity index (χ2v) is 7.63. The second-order valence-electron chi connectivity index (χ2n) is 7.63. The van der Waals surface area contributed by atoms with Crippen LogP contribution in [-0.2, 0) is 16.0 Å². The molecule has 1 aliphatic carbocycles. The summed E-state index contributed by atoms with van der Waals surface area (Å²) in [5.41, 5.74) is -0.547. The van der Waals surface area contributed by atoms with E-state index in [4.69, 9.17) is 0 Å². The van der Waals surface area contributed by atoms with Crippen LogP contribution in [0.25, 0.3) is 0 Å². The third-order valence-electron chi connectivity index (χ3n) is 4.69. The van der Waals surface area contributed by atoms with Crippen molar-refractivity contribution in [1.29, 1.82) is 0 Å². The lowest BCUT2D eigenvalue weighted by Crippen LogP contribution is -2.51. The molecule has 0 bridgehead atoms. The number of hydrogen-bond acceptors (Lipinski definition) is 3. The van der Waals surface area contributed by atoms with Gasteiger partial charge in [0.2, 0.25) is 5.91 Å². The highest BCUT2D eigenvalue weighted by atomic mass is 16.3. The average Bonchev–Trinajstić information content (AvgIpc) is 2.55. The standard InChI is InChI=1S/C20H30N2O3/c1-14(2)21-18(23)16-10-7-11-17(12-16)22-19(24)20(3,25)13-15-8-5-4-6-9-15/h4-6,8-9,14,16-17,25H,7,10-13H2,1-3H3,(H,21,23)(H,22,24)/t16-,17+,20+/m1/s1. The fourth-order valence-electron chi connectivity index (χ4n) is 3.38. The Morgan fingerprint density at radius 2 is 1.92 bits per heavy atom. The Labute approximate surface area is 150 Å². The number of nitrogens with one attached hydrogen (secondary N) is 2. The summed E-state index contributed by atoms with van der Waals surface area (Å²) in [6.07, 6.45) is 3.50. The quantitative estimate of drug-likeness (QED) is 0.739. The first-order valence-electron chi connectivity index (χ1n) is 9.15. The van der Waals surface area contributed by atoms with Crippen LogP contribution in [-0.4, -0.2) is 34.6 Å². The van der Waals surface area contributed by atoms with E-state index >= 15 is 0 Å². The summed E-state index contributed by atoms with van der Waals surface area (Å²) in [4.78, 5) is 24.7. The summed E-state index contributed by atoms with van der Waals surface area (Å²) >= 11 is 0. The molecule has 138 valence electrons. The topological polar surface area (TPSA) is 78.4 Å². The molecule has 1 aromatic rings. The van der Waals surface area contributed by atoms with Gasteiger partial charge in [-0.15, -0.1) is 0 Å². The Bertz CT molecular complexity index is 584.